The number of fused-ring (bicyclic) bond motifs is 2. The van der Waals surface area contributed by atoms with Crippen molar-refractivity contribution in [3.05, 3.63) is 59.5 Å². The molecule has 1 heterocycles. The minimum absolute atomic E-state index is 0. The first kappa shape index (κ1) is 25.8. The number of rotatable bonds is 4. The molecule has 0 bridgehead atoms. The normalized spacial score (nSPS) is 11.9. The topological polar surface area (TPSA) is 216 Å². The van der Waals surface area contributed by atoms with Crippen LogP contribution in [0.2, 0.25) is 0 Å². The Bertz CT molecular complexity index is 1730. The van der Waals surface area contributed by atoms with Gasteiger partial charge in [-0.2, -0.15) is 0 Å². The summed E-state index contributed by atoms with van der Waals surface area (Å²) >= 11 is 0. The van der Waals surface area contributed by atoms with Gasteiger partial charge < -0.3 is 24.4 Å². The van der Waals surface area contributed by atoms with Crippen molar-refractivity contribution in [1.29, 1.82) is 0 Å². The first-order valence-corrected chi connectivity index (χ1v) is 11.8. The molecule has 2 aromatic rings. The third-order valence-corrected chi connectivity index (χ3v) is 6.80. The van der Waals surface area contributed by atoms with Gasteiger partial charge in [0.05, 0.1) is 11.3 Å². The number of carbonyl (C=O) groups is 1. The molecule has 14 heteroatoms. The van der Waals surface area contributed by atoms with Gasteiger partial charge in [0.2, 0.25) is 5.36 Å². The fraction of sp³-hybridized carbons (Fsp3) is 0. The predicted molar refractivity (Wildman–Crippen MR) is 111 cm³/mol. The van der Waals surface area contributed by atoms with E-state index in [-0.39, 0.29) is 57.2 Å². The molecule has 0 amide bonds. The molecule has 0 aromatic heterocycles. The van der Waals surface area contributed by atoms with Gasteiger partial charge in [-0.15, -0.1) is 0 Å². The van der Waals surface area contributed by atoms with Crippen molar-refractivity contribution in [2.45, 2.75) is 9.79 Å². The van der Waals surface area contributed by atoms with Gasteiger partial charge in [-0.05, 0) is 29.8 Å². The minimum atomic E-state index is -5.26. The van der Waals surface area contributed by atoms with E-state index in [4.69, 9.17) is 15.6 Å². The number of nitrogen functional groups attached to an aromatic ring is 1. The van der Waals surface area contributed by atoms with Crippen molar-refractivity contribution >= 4 is 42.9 Å². The van der Waals surface area contributed by atoms with E-state index in [1.54, 1.807) is 0 Å². The van der Waals surface area contributed by atoms with E-state index in [2.05, 4.69) is 0 Å². The molecule has 0 saturated heterocycles. The molecule has 0 spiro atoms. The number of carboxylic acids is 1. The number of anilines is 1. The summed E-state index contributed by atoms with van der Waals surface area (Å²) < 4.78 is 77.4. The van der Waals surface area contributed by atoms with Crippen LogP contribution < -0.4 is 46.1 Å². The van der Waals surface area contributed by atoms with E-state index in [1.165, 1.54) is 36.4 Å². The number of benzene rings is 3. The number of nitrogens with two attached hydrogens (primary N) is 2. The summed E-state index contributed by atoms with van der Waals surface area (Å²) in [4.78, 5) is 9.89. The van der Waals surface area contributed by atoms with Crippen molar-refractivity contribution in [3.8, 4) is 22.5 Å². The van der Waals surface area contributed by atoms with Gasteiger partial charge >= 0.3 is 35.5 Å². The van der Waals surface area contributed by atoms with E-state index in [0.29, 0.717) is 0 Å². The summed E-state index contributed by atoms with van der Waals surface area (Å²) in [6.45, 7) is 0. The molecule has 4 rings (SSSR count). The fourth-order valence-electron chi connectivity index (χ4n) is 3.69. The van der Waals surface area contributed by atoms with Crippen LogP contribution in [0.3, 0.4) is 0 Å². The molecule has 5 N–H and O–H groups in total. The Balaban J connectivity index is 0.00000324. The molecule has 34 heavy (non-hydrogen) atoms. The molecule has 0 saturated carbocycles. The van der Waals surface area contributed by atoms with Crippen LogP contribution in [0.15, 0.2) is 62.7 Å². The zero-order chi connectivity index (χ0) is 24.3. The standard InChI is InChI=1S/C20H14N2O9S2.Na/c21-13-7-5-11-15(9-3-1-2-4-10(9)20(23)24)12-6-8-14(22)19(33(28,29)30)17(12)31-16(11)18(13)32(25,26)27;/h1-8,21H,22H2,(H,23,24)(H,25,26,27)(H,28,29,30);/q;+1/p-1. The maximum Gasteiger partial charge on any atom is 1.00 e. The second-order valence-corrected chi connectivity index (χ2v) is 9.59. The minimum Gasteiger partial charge on any atom is -0.744 e. The van der Waals surface area contributed by atoms with Crippen LogP contribution in [-0.4, -0.2) is 37.0 Å². The molecule has 0 atom stereocenters. The second kappa shape index (κ2) is 8.78. The van der Waals surface area contributed by atoms with E-state index in [1.807, 2.05) is 0 Å². The number of carboxylic acid groups (broad SMARTS) is 1. The molecule has 11 nitrogen and oxygen atoms in total. The van der Waals surface area contributed by atoms with Gasteiger partial charge in [-0.25, -0.2) is 21.6 Å². The average molecular weight is 512 g/mol. The summed E-state index contributed by atoms with van der Waals surface area (Å²) in [5.41, 5.74) is 4.31. The molecular weight excluding hydrogens is 499 g/mol. The third kappa shape index (κ3) is 4.22. The van der Waals surface area contributed by atoms with Gasteiger partial charge in [0.1, 0.15) is 25.1 Å². The Hall–Kier alpha value is -2.78. The number of aromatic carboxylic acids is 1. The molecule has 0 unspecified atom stereocenters. The van der Waals surface area contributed by atoms with Gasteiger partial charge in [0, 0.05) is 22.6 Å². The number of hydrogen-bond donors (Lipinski definition) is 3. The van der Waals surface area contributed by atoms with Crippen molar-refractivity contribution in [2.75, 3.05) is 5.73 Å². The maximum atomic E-state index is 12.0. The summed E-state index contributed by atoms with van der Waals surface area (Å²) in [6.07, 6.45) is 0. The Morgan fingerprint density at radius 1 is 0.912 bits per heavy atom. The first-order valence-electron chi connectivity index (χ1n) is 8.97. The summed E-state index contributed by atoms with van der Waals surface area (Å²) in [5.74, 6) is -1.99. The number of hydrogen-bond acceptors (Lipinski definition) is 9. The quantitative estimate of drug-likeness (QED) is 0.109. The Morgan fingerprint density at radius 2 is 1.53 bits per heavy atom. The second-order valence-electron chi connectivity index (χ2n) is 6.96. The molecule has 0 radical (unpaired) electrons. The molecule has 1 aliphatic heterocycles. The van der Waals surface area contributed by atoms with Crippen LogP contribution in [0.4, 0.5) is 5.69 Å². The predicted octanol–water partition coefficient (Wildman–Crippen LogP) is -3.04. The van der Waals surface area contributed by atoms with Crippen molar-refractivity contribution in [3.63, 3.8) is 0 Å². The van der Waals surface area contributed by atoms with Gasteiger partial charge in [-0.3, -0.25) is 5.41 Å². The Kier molecular flexibility index (Phi) is 6.67. The van der Waals surface area contributed by atoms with E-state index in [9.17, 15) is 35.8 Å². The summed E-state index contributed by atoms with van der Waals surface area (Å²) in [7, 11) is -10.5. The third-order valence-electron chi connectivity index (χ3n) is 4.95. The van der Waals surface area contributed by atoms with Gasteiger partial charge in [0.15, 0.2) is 16.2 Å². The van der Waals surface area contributed by atoms with Crippen molar-refractivity contribution in [1.82, 2.24) is 0 Å². The summed E-state index contributed by atoms with van der Waals surface area (Å²) in [5, 5.41) is 14.8. The molecular formula is C20H13N2NaO9S2. The van der Waals surface area contributed by atoms with Crippen LogP contribution in [-0.2, 0) is 20.2 Å². The first-order chi connectivity index (χ1) is 15.3. The van der Waals surface area contributed by atoms with Crippen molar-refractivity contribution in [2.24, 2.45) is 0 Å². The molecule has 170 valence electrons. The van der Waals surface area contributed by atoms with Crippen LogP contribution >= 0.6 is 0 Å². The zero-order valence-electron chi connectivity index (χ0n) is 17.3. The van der Waals surface area contributed by atoms with Crippen LogP contribution in [0.5, 0.6) is 0 Å². The van der Waals surface area contributed by atoms with E-state index >= 15 is 0 Å². The van der Waals surface area contributed by atoms with E-state index < -0.39 is 58.4 Å². The Labute approximate surface area is 214 Å². The van der Waals surface area contributed by atoms with Gasteiger partial charge in [0.25, 0.3) is 0 Å². The maximum absolute atomic E-state index is 12.0. The smallest absolute Gasteiger partial charge is 0.744 e. The molecule has 2 aromatic carbocycles. The SMILES string of the molecule is Nc1ccc2c(-c3ccccc3C(=O)O)c3ccc(=[NH2+])c(S(=O)(=O)[O-])c-3oc2c1S(=O)(=O)[O-].[Na+]. The Morgan fingerprint density at radius 3 is 2.12 bits per heavy atom. The van der Waals surface area contributed by atoms with Crippen LogP contribution in [0.1, 0.15) is 10.4 Å². The van der Waals surface area contributed by atoms with E-state index in [0.717, 1.165) is 12.1 Å². The average Bonchev–Trinajstić information content (AvgIpc) is 2.69. The summed E-state index contributed by atoms with van der Waals surface area (Å²) in [6, 6.07) is 10.4. The zero-order valence-corrected chi connectivity index (χ0v) is 20.9. The van der Waals surface area contributed by atoms with Gasteiger partial charge in [-0.1, -0.05) is 18.2 Å². The van der Waals surface area contributed by atoms with Crippen molar-refractivity contribution < 1.29 is 75.2 Å². The molecule has 1 aliphatic carbocycles. The monoisotopic (exact) mass is 512 g/mol. The van der Waals surface area contributed by atoms with Crippen LogP contribution in [0, 0.1) is 0 Å². The molecule has 0 fully saturated rings. The molecule has 2 aliphatic rings. The fourth-order valence-corrected chi connectivity index (χ4v) is 5.16. The van der Waals surface area contributed by atoms with Crippen LogP contribution in [0.25, 0.3) is 33.4 Å². The largest absolute Gasteiger partial charge is 1.00 e.